The van der Waals surface area contributed by atoms with E-state index < -0.39 is 21.7 Å². The van der Waals surface area contributed by atoms with E-state index in [9.17, 15) is 17.2 Å². The minimum absolute atomic E-state index is 0.241. The molecule has 1 aromatic heterocycles. The first-order chi connectivity index (χ1) is 14.3. The standard InChI is InChI=1S/C19H23F2N5O2S2/c1-2-7-25-18(14-3-4-14)22-26(19(25)29)13-23-8-10-24(11-9-23)30(27,28)15-5-6-16(20)17(21)12-15/h2,5-6,12,14H,1,3-4,7-11,13H2. The Bertz CT molecular complexity index is 1120. The number of piperazine rings is 1. The molecule has 2 fully saturated rings. The van der Waals surface area contributed by atoms with Crippen molar-refractivity contribution >= 4 is 22.2 Å². The van der Waals surface area contributed by atoms with Crippen molar-refractivity contribution in [2.45, 2.75) is 36.9 Å². The van der Waals surface area contributed by atoms with Crippen LogP contribution in [-0.4, -0.2) is 58.1 Å². The Kier molecular flexibility index (Phi) is 5.88. The molecule has 4 rings (SSSR count). The van der Waals surface area contributed by atoms with Gasteiger partial charge in [0, 0.05) is 38.6 Å². The molecule has 0 amide bonds. The lowest BCUT2D eigenvalue weighted by Crippen LogP contribution is -2.49. The van der Waals surface area contributed by atoms with Gasteiger partial charge in [0.15, 0.2) is 16.4 Å². The van der Waals surface area contributed by atoms with E-state index in [0.29, 0.717) is 37.0 Å². The maximum absolute atomic E-state index is 13.5. The van der Waals surface area contributed by atoms with Crippen molar-refractivity contribution in [3.05, 3.63) is 53.1 Å². The van der Waals surface area contributed by atoms with E-state index in [2.05, 4.69) is 11.5 Å². The lowest BCUT2D eigenvalue weighted by molar-refractivity contribution is 0.144. The Morgan fingerprint density at radius 3 is 2.47 bits per heavy atom. The fourth-order valence-electron chi connectivity index (χ4n) is 3.58. The van der Waals surface area contributed by atoms with Crippen LogP contribution in [0.1, 0.15) is 24.6 Å². The van der Waals surface area contributed by atoms with Crippen LogP contribution < -0.4 is 0 Å². The van der Waals surface area contributed by atoms with Crippen LogP contribution in [0.3, 0.4) is 0 Å². The summed E-state index contributed by atoms with van der Waals surface area (Å²) in [6.07, 6.45) is 4.03. The van der Waals surface area contributed by atoms with E-state index in [-0.39, 0.29) is 18.0 Å². The number of halogens is 2. The molecular weight excluding hydrogens is 432 g/mol. The van der Waals surface area contributed by atoms with Crippen molar-refractivity contribution in [1.82, 2.24) is 23.6 Å². The molecule has 162 valence electrons. The summed E-state index contributed by atoms with van der Waals surface area (Å²) >= 11 is 5.58. The van der Waals surface area contributed by atoms with Crippen LogP contribution in [0.25, 0.3) is 0 Å². The number of benzene rings is 1. The molecule has 1 aromatic carbocycles. The van der Waals surface area contributed by atoms with Crippen molar-refractivity contribution in [2.24, 2.45) is 0 Å². The molecule has 2 aliphatic rings. The van der Waals surface area contributed by atoms with Crippen LogP contribution in [0, 0.1) is 16.4 Å². The van der Waals surface area contributed by atoms with Crippen LogP contribution in [0.5, 0.6) is 0 Å². The molecule has 0 bridgehead atoms. The average molecular weight is 456 g/mol. The monoisotopic (exact) mass is 455 g/mol. The summed E-state index contributed by atoms with van der Waals surface area (Å²) < 4.78 is 57.8. The van der Waals surface area contributed by atoms with Gasteiger partial charge in [0.25, 0.3) is 0 Å². The normalized spacial score (nSPS) is 18.6. The lowest BCUT2D eigenvalue weighted by Gasteiger charge is -2.33. The van der Waals surface area contributed by atoms with Crippen LogP contribution in [0.4, 0.5) is 8.78 Å². The predicted molar refractivity (Wildman–Crippen MR) is 110 cm³/mol. The maximum Gasteiger partial charge on any atom is 0.243 e. The van der Waals surface area contributed by atoms with E-state index in [4.69, 9.17) is 17.3 Å². The molecule has 1 saturated heterocycles. The van der Waals surface area contributed by atoms with Gasteiger partial charge in [-0.2, -0.15) is 9.40 Å². The first kappa shape index (κ1) is 21.3. The molecule has 0 spiro atoms. The van der Waals surface area contributed by atoms with Gasteiger partial charge in [-0.05, 0) is 43.3 Å². The van der Waals surface area contributed by atoms with Gasteiger partial charge in [-0.15, -0.1) is 6.58 Å². The van der Waals surface area contributed by atoms with Crippen LogP contribution in [0.2, 0.25) is 0 Å². The Morgan fingerprint density at radius 2 is 1.87 bits per heavy atom. The topological polar surface area (TPSA) is 63.4 Å². The van der Waals surface area contributed by atoms with E-state index in [0.717, 1.165) is 36.9 Å². The summed E-state index contributed by atoms with van der Waals surface area (Å²) in [6.45, 7) is 6.34. The largest absolute Gasteiger partial charge is 0.300 e. The van der Waals surface area contributed by atoms with E-state index in [1.54, 1.807) is 10.8 Å². The highest BCUT2D eigenvalue weighted by Crippen LogP contribution is 2.39. The zero-order valence-electron chi connectivity index (χ0n) is 16.4. The number of aromatic nitrogens is 3. The maximum atomic E-state index is 13.5. The number of hydrogen-bond donors (Lipinski definition) is 0. The third-order valence-corrected chi connectivity index (χ3v) is 7.73. The third kappa shape index (κ3) is 4.11. The summed E-state index contributed by atoms with van der Waals surface area (Å²) in [6, 6.07) is 2.64. The Morgan fingerprint density at radius 1 is 1.17 bits per heavy atom. The van der Waals surface area contributed by atoms with E-state index in [1.807, 2.05) is 4.57 Å². The second-order valence-electron chi connectivity index (χ2n) is 7.55. The minimum Gasteiger partial charge on any atom is -0.300 e. The molecule has 0 N–H and O–H groups in total. The van der Waals surface area contributed by atoms with Crippen molar-refractivity contribution in [3.63, 3.8) is 0 Å². The molecular formula is C19H23F2N5O2S2. The highest BCUT2D eigenvalue weighted by molar-refractivity contribution is 7.89. The van der Waals surface area contributed by atoms with Gasteiger partial charge in [-0.3, -0.25) is 9.47 Å². The zero-order valence-corrected chi connectivity index (χ0v) is 18.0. The molecule has 30 heavy (non-hydrogen) atoms. The summed E-state index contributed by atoms with van der Waals surface area (Å²) in [5, 5.41) is 4.69. The lowest BCUT2D eigenvalue weighted by atomic mass is 10.3. The van der Waals surface area contributed by atoms with Gasteiger partial charge in [0.1, 0.15) is 5.82 Å². The summed E-state index contributed by atoms with van der Waals surface area (Å²) in [7, 11) is -3.88. The summed E-state index contributed by atoms with van der Waals surface area (Å²) in [4.78, 5) is 1.84. The molecule has 1 aliphatic carbocycles. The van der Waals surface area contributed by atoms with Gasteiger partial charge >= 0.3 is 0 Å². The molecule has 7 nitrogen and oxygen atoms in total. The number of rotatable bonds is 7. The van der Waals surface area contributed by atoms with E-state index >= 15 is 0 Å². The van der Waals surface area contributed by atoms with Gasteiger partial charge in [-0.1, -0.05) is 6.08 Å². The number of hydrogen-bond acceptors (Lipinski definition) is 5. The first-order valence-electron chi connectivity index (χ1n) is 9.77. The van der Waals surface area contributed by atoms with Gasteiger partial charge in [0.05, 0.1) is 11.6 Å². The van der Waals surface area contributed by atoms with Crippen LogP contribution >= 0.6 is 12.2 Å². The van der Waals surface area contributed by atoms with Crippen molar-refractivity contribution in [1.29, 1.82) is 0 Å². The smallest absolute Gasteiger partial charge is 0.243 e. The number of sulfonamides is 1. The fourth-order valence-corrected chi connectivity index (χ4v) is 5.28. The molecule has 1 saturated carbocycles. The zero-order chi connectivity index (χ0) is 21.5. The van der Waals surface area contributed by atoms with Gasteiger partial charge in [-0.25, -0.2) is 21.9 Å². The Hall–Kier alpha value is -1.95. The molecule has 0 unspecified atom stereocenters. The van der Waals surface area contributed by atoms with Crippen LogP contribution in [-0.2, 0) is 23.2 Å². The van der Waals surface area contributed by atoms with Crippen molar-refractivity contribution in [2.75, 3.05) is 26.2 Å². The summed E-state index contributed by atoms with van der Waals surface area (Å²) in [5.74, 6) is -0.812. The van der Waals surface area contributed by atoms with E-state index in [1.165, 1.54) is 4.31 Å². The predicted octanol–water partition coefficient (Wildman–Crippen LogP) is 2.72. The van der Waals surface area contributed by atoms with Gasteiger partial charge < -0.3 is 0 Å². The molecule has 0 radical (unpaired) electrons. The van der Waals surface area contributed by atoms with Crippen molar-refractivity contribution in [3.8, 4) is 0 Å². The number of allylic oxidation sites excluding steroid dienone is 1. The average Bonchev–Trinajstić information content (AvgIpc) is 3.52. The molecule has 2 heterocycles. The Labute approximate surface area is 179 Å². The van der Waals surface area contributed by atoms with Crippen molar-refractivity contribution < 1.29 is 17.2 Å². The molecule has 11 heteroatoms. The SMILES string of the molecule is C=CCn1c(C2CC2)nn(CN2CCN(S(=O)(=O)c3ccc(F)c(F)c3)CC2)c1=S. The van der Waals surface area contributed by atoms with Gasteiger partial charge in [0.2, 0.25) is 10.0 Å². The fraction of sp³-hybridized carbons (Fsp3) is 0.474. The first-order valence-corrected chi connectivity index (χ1v) is 11.6. The third-order valence-electron chi connectivity index (χ3n) is 5.40. The molecule has 1 aliphatic heterocycles. The molecule has 2 aromatic rings. The highest BCUT2D eigenvalue weighted by Gasteiger charge is 2.32. The highest BCUT2D eigenvalue weighted by atomic mass is 32.2. The quantitative estimate of drug-likeness (QED) is 0.475. The number of nitrogens with zero attached hydrogens (tertiary/aromatic N) is 5. The summed E-state index contributed by atoms with van der Waals surface area (Å²) in [5.41, 5.74) is 0. The Balaban J connectivity index is 1.44. The molecule has 0 atom stereocenters. The van der Waals surface area contributed by atoms with Crippen LogP contribution in [0.15, 0.2) is 35.7 Å². The minimum atomic E-state index is -3.88. The second kappa shape index (κ2) is 8.29. The second-order valence-corrected chi connectivity index (χ2v) is 9.86.